The fourth-order valence-corrected chi connectivity index (χ4v) is 5.08. The Morgan fingerprint density at radius 3 is 2.50 bits per heavy atom. The second kappa shape index (κ2) is 7.99. The fraction of sp³-hybridized carbons (Fsp3) is 0.400. The molecule has 4 nitrogen and oxygen atoms in total. The van der Waals surface area contributed by atoms with Crippen LogP contribution >= 0.6 is 11.6 Å². The molecule has 0 amide bonds. The van der Waals surface area contributed by atoms with E-state index in [1.54, 1.807) is 6.07 Å². The largest absolute Gasteiger partial charge is 0.495 e. The van der Waals surface area contributed by atoms with Crippen LogP contribution in [0, 0.1) is 0 Å². The first kappa shape index (κ1) is 19.2. The van der Waals surface area contributed by atoms with Gasteiger partial charge < -0.3 is 4.74 Å². The van der Waals surface area contributed by atoms with E-state index in [-0.39, 0.29) is 16.0 Å². The molecule has 2 aromatic carbocycles. The van der Waals surface area contributed by atoms with Gasteiger partial charge in [-0.05, 0) is 67.0 Å². The van der Waals surface area contributed by atoms with Gasteiger partial charge >= 0.3 is 0 Å². The molecule has 1 N–H and O–H groups in total. The first-order valence-corrected chi connectivity index (χ1v) is 10.8. The molecule has 0 aliphatic heterocycles. The maximum atomic E-state index is 12.8. The van der Waals surface area contributed by atoms with E-state index in [0.717, 1.165) is 18.4 Å². The van der Waals surface area contributed by atoms with Crippen molar-refractivity contribution >= 4 is 21.6 Å². The lowest BCUT2D eigenvalue weighted by molar-refractivity contribution is 0.414. The Hall–Kier alpha value is -1.56. The second-order valence-electron chi connectivity index (χ2n) is 6.61. The number of ether oxygens (including phenoxy) is 1. The highest BCUT2D eigenvalue weighted by Gasteiger charge is 2.22. The molecule has 1 aliphatic carbocycles. The number of sulfonamides is 1. The van der Waals surface area contributed by atoms with Crippen molar-refractivity contribution in [2.75, 3.05) is 7.11 Å². The average molecular weight is 394 g/mol. The summed E-state index contributed by atoms with van der Waals surface area (Å²) < 4.78 is 33.5. The molecular weight excluding hydrogens is 370 g/mol. The van der Waals surface area contributed by atoms with Crippen LogP contribution in [0.3, 0.4) is 0 Å². The Balaban J connectivity index is 1.86. The topological polar surface area (TPSA) is 55.4 Å². The third-order valence-electron chi connectivity index (χ3n) is 4.91. The Bertz CT molecular complexity index is 896. The first-order chi connectivity index (χ1) is 12.4. The van der Waals surface area contributed by atoms with Gasteiger partial charge in [0, 0.05) is 6.04 Å². The van der Waals surface area contributed by atoms with Crippen molar-refractivity contribution in [1.82, 2.24) is 4.72 Å². The molecule has 0 radical (unpaired) electrons. The summed E-state index contributed by atoms with van der Waals surface area (Å²) in [4.78, 5) is 0.139. The molecule has 0 bridgehead atoms. The summed E-state index contributed by atoms with van der Waals surface area (Å²) in [5.74, 6) is 0.451. The summed E-state index contributed by atoms with van der Waals surface area (Å²) >= 11 is 6.09. The van der Waals surface area contributed by atoms with Crippen molar-refractivity contribution in [3.63, 3.8) is 0 Å². The van der Waals surface area contributed by atoms with Crippen molar-refractivity contribution in [2.45, 2.75) is 50.0 Å². The van der Waals surface area contributed by atoms with Crippen LogP contribution in [0.4, 0.5) is 0 Å². The molecule has 0 unspecified atom stereocenters. The van der Waals surface area contributed by atoms with Crippen LogP contribution in [-0.4, -0.2) is 15.5 Å². The van der Waals surface area contributed by atoms with Crippen LogP contribution in [0.15, 0.2) is 41.3 Å². The van der Waals surface area contributed by atoms with Crippen molar-refractivity contribution in [3.8, 4) is 5.75 Å². The van der Waals surface area contributed by atoms with Gasteiger partial charge in [-0.15, -0.1) is 0 Å². The minimum atomic E-state index is -3.68. The molecule has 0 saturated heterocycles. The van der Waals surface area contributed by atoms with E-state index in [4.69, 9.17) is 16.3 Å². The first-order valence-electron chi connectivity index (χ1n) is 8.92. The highest BCUT2D eigenvalue weighted by molar-refractivity contribution is 7.89. The number of hydrogen-bond donors (Lipinski definition) is 1. The minimum Gasteiger partial charge on any atom is -0.495 e. The van der Waals surface area contributed by atoms with E-state index in [2.05, 4.69) is 16.9 Å². The van der Waals surface area contributed by atoms with E-state index < -0.39 is 10.0 Å². The monoisotopic (exact) mass is 393 g/mol. The van der Waals surface area contributed by atoms with Crippen LogP contribution in [-0.2, 0) is 22.9 Å². The van der Waals surface area contributed by atoms with Gasteiger partial charge in [0.25, 0.3) is 0 Å². The van der Waals surface area contributed by atoms with Gasteiger partial charge in [-0.1, -0.05) is 36.7 Å². The number of fused-ring (bicyclic) bond motifs is 1. The van der Waals surface area contributed by atoms with Crippen LogP contribution in [0.1, 0.15) is 48.9 Å². The maximum absolute atomic E-state index is 12.8. The zero-order chi connectivity index (χ0) is 18.7. The Kier molecular flexibility index (Phi) is 5.90. The highest BCUT2D eigenvalue weighted by atomic mass is 35.5. The smallest absolute Gasteiger partial charge is 0.241 e. The van der Waals surface area contributed by atoms with Gasteiger partial charge in [0.15, 0.2) is 0 Å². The maximum Gasteiger partial charge on any atom is 0.241 e. The van der Waals surface area contributed by atoms with E-state index in [1.807, 2.05) is 13.0 Å². The van der Waals surface area contributed by atoms with Crippen LogP contribution < -0.4 is 9.46 Å². The molecule has 0 aromatic heterocycles. The molecule has 0 saturated carbocycles. The summed E-state index contributed by atoms with van der Waals surface area (Å²) in [6, 6.07) is 10.6. The van der Waals surface area contributed by atoms with E-state index in [9.17, 15) is 8.42 Å². The van der Waals surface area contributed by atoms with Crippen LogP contribution in [0.25, 0.3) is 0 Å². The lowest BCUT2D eigenvalue weighted by Gasteiger charge is -2.22. The van der Waals surface area contributed by atoms with Gasteiger partial charge in [0.05, 0.1) is 17.0 Å². The zero-order valence-electron chi connectivity index (χ0n) is 15.1. The fourth-order valence-electron chi connectivity index (χ4n) is 3.43. The Labute approximate surface area is 160 Å². The average Bonchev–Trinajstić information content (AvgIpc) is 2.65. The van der Waals surface area contributed by atoms with Gasteiger partial charge in [-0.3, -0.25) is 0 Å². The molecule has 140 valence electrons. The summed E-state index contributed by atoms with van der Waals surface area (Å²) in [5, 5.41) is 0.275. The standard InChI is InChI=1S/C20H24ClNO3S/c1-3-19(16-9-8-14-6-4-5-7-15(14)12-16)22-26(23,24)17-10-11-20(25-2)18(21)13-17/h8-13,19,22H,3-7H2,1-2H3/t19-/m0/s1. The number of halogens is 1. The van der Waals surface area contributed by atoms with E-state index in [1.165, 1.54) is 43.2 Å². The molecule has 1 atom stereocenters. The SMILES string of the molecule is CC[C@H](NS(=O)(=O)c1ccc(OC)c(Cl)c1)c1ccc2c(c1)CCCC2. The molecule has 1 aliphatic rings. The van der Waals surface area contributed by atoms with E-state index in [0.29, 0.717) is 12.2 Å². The molecule has 2 aromatic rings. The number of hydrogen-bond acceptors (Lipinski definition) is 3. The Morgan fingerprint density at radius 1 is 1.12 bits per heavy atom. The summed E-state index contributed by atoms with van der Waals surface area (Å²) in [6.45, 7) is 1.98. The molecule has 0 heterocycles. The predicted molar refractivity (Wildman–Crippen MR) is 104 cm³/mol. The lowest BCUT2D eigenvalue weighted by Crippen LogP contribution is -2.28. The van der Waals surface area contributed by atoms with E-state index >= 15 is 0 Å². The quantitative estimate of drug-likeness (QED) is 0.776. The molecule has 3 rings (SSSR count). The molecule has 0 spiro atoms. The third kappa shape index (κ3) is 4.05. The molecule has 0 fully saturated rings. The van der Waals surface area contributed by atoms with Crippen molar-refractivity contribution < 1.29 is 13.2 Å². The van der Waals surface area contributed by atoms with Gasteiger partial charge in [-0.2, -0.15) is 0 Å². The second-order valence-corrected chi connectivity index (χ2v) is 8.73. The number of methoxy groups -OCH3 is 1. The van der Waals surface area contributed by atoms with Crippen molar-refractivity contribution in [1.29, 1.82) is 0 Å². The molecule has 26 heavy (non-hydrogen) atoms. The van der Waals surface area contributed by atoms with Crippen molar-refractivity contribution in [2.24, 2.45) is 0 Å². The summed E-state index contributed by atoms with van der Waals surface area (Å²) in [7, 11) is -2.18. The lowest BCUT2D eigenvalue weighted by atomic mass is 9.89. The zero-order valence-corrected chi connectivity index (χ0v) is 16.7. The number of rotatable bonds is 6. The summed E-state index contributed by atoms with van der Waals surface area (Å²) in [6.07, 6.45) is 5.28. The number of nitrogens with one attached hydrogen (secondary N) is 1. The minimum absolute atomic E-state index is 0.139. The molecular formula is C20H24ClNO3S. The number of benzene rings is 2. The van der Waals surface area contributed by atoms with Gasteiger partial charge in [0.1, 0.15) is 5.75 Å². The Morgan fingerprint density at radius 2 is 1.85 bits per heavy atom. The van der Waals surface area contributed by atoms with Crippen LogP contribution in [0.5, 0.6) is 5.75 Å². The normalized spacial score (nSPS) is 15.3. The van der Waals surface area contributed by atoms with Crippen LogP contribution in [0.2, 0.25) is 5.02 Å². The predicted octanol–water partition coefficient (Wildman–Crippen LogP) is 4.66. The third-order valence-corrected chi connectivity index (χ3v) is 6.68. The summed E-state index contributed by atoms with van der Waals surface area (Å²) in [5.41, 5.74) is 3.75. The van der Waals surface area contributed by atoms with Crippen molar-refractivity contribution in [3.05, 3.63) is 58.1 Å². The van der Waals surface area contributed by atoms with Gasteiger partial charge in [-0.25, -0.2) is 13.1 Å². The van der Waals surface area contributed by atoms with Gasteiger partial charge in [0.2, 0.25) is 10.0 Å². The number of aryl methyl sites for hydroxylation is 2. The highest BCUT2D eigenvalue weighted by Crippen LogP contribution is 2.29. The molecule has 6 heteroatoms.